The Labute approximate surface area is 219 Å². The van der Waals surface area contributed by atoms with E-state index in [0.29, 0.717) is 16.0 Å². The molecule has 1 aliphatic heterocycles. The lowest BCUT2D eigenvalue weighted by atomic mass is 9.98. The van der Waals surface area contributed by atoms with Crippen molar-refractivity contribution in [2.45, 2.75) is 19.4 Å². The van der Waals surface area contributed by atoms with Crippen molar-refractivity contribution in [2.75, 3.05) is 5.01 Å². The van der Waals surface area contributed by atoms with Crippen LogP contribution in [0.2, 0.25) is 10.0 Å². The van der Waals surface area contributed by atoms with Crippen molar-refractivity contribution in [3.05, 3.63) is 124 Å². The number of halogens is 2. The number of hydrazone groups is 1. The van der Waals surface area contributed by atoms with Crippen molar-refractivity contribution in [3.63, 3.8) is 0 Å². The molecule has 0 N–H and O–H groups in total. The standard InChI is InChI=1S/C30H22Cl2N4/c1-19-7-9-20(10-8-19)27-18-28(21-11-13-23(31)14-12-21)36(35-27)30-33-26-16-15-24(32)17-25(26)29(34-30)22-5-3-2-4-6-22/h2-17,28H,18H2,1H3/t28-/m1/s1. The van der Waals surface area contributed by atoms with Gasteiger partial charge >= 0.3 is 0 Å². The van der Waals surface area contributed by atoms with Crippen LogP contribution in [0.4, 0.5) is 5.95 Å². The number of anilines is 1. The summed E-state index contributed by atoms with van der Waals surface area (Å²) in [6, 6.07) is 32.2. The van der Waals surface area contributed by atoms with Crippen LogP contribution in [0.25, 0.3) is 22.2 Å². The number of aromatic nitrogens is 2. The zero-order valence-electron chi connectivity index (χ0n) is 19.6. The smallest absolute Gasteiger partial charge is 0.223 e. The largest absolute Gasteiger partial charge is 0.247 e. The van der Waals surface area contributed by atoms with E-state index in [0.717, 1.165) is 45.4 Å². The fraction of sp³-hybridized carbons (Fsp3) is 0.100. The van der Waals surface area contributed by atoms with E-state index in [2.05, 4.69) is 31.2 Å². The molecule has 0 saturated carbocycles. The maximum Gasteiger partial charge on any atom is 0.247 e. The van der Waals surface area contributed by atoms with Gasteiger partial charge in [0.1, 0.15) is 0 Å². The van der Waals surface area contributed by atoms with Gasteiger partial charge in [0.25, 0.3) is 0 Å². The molecule has 4 aromatic carbocycles. The predicted molar refractivity (Wildman–Crippen MR) is 149 cm³/mol. The summed E-state index contributed by atoms with van der Waals surface area (Å²) in [5.74, 6) is 0.547. The summed E-state index contributed by atoms with van der Waals surface area (Å²) < 4.78 is 0. The van der Waals surface area contributed by atoms with Crippen LogP contribution in [0.3, 0.4) is 0 Å². The second kappa shape index (κ2) is 9.38. The summed E-state index contributed by atoms with van der Waals surface area (Å²) in [5.41, 5.74) is 7.05. The molecular formula is C30H22Cl2N4. The lowest BCUT2D eigenvalue weighted by Crippen LogP contribution is -2.21. The van der Waals surface area contributed by atoms with Crippen LogP contribution >= 0.6 is 23.2 Å². The van der Waals surface area contributed by atoms with Crippen molar-refractivity contribution < 1.29 is 0 Å². The van der Waals surface area contributed by atoms with Crippen LogP contribution in [-0.4, -0.2) is 15.7 Å². The molecule has 0 radical (unpaired) electrons. The first kappa shape index (κ1) is 22.7. The highest BCUT2D eigenvalue weighted by Gasteiger charge is 2.32. The van der Waals surface area contributed by atoms with Crippen molar-refractivity contribution in [3.8, 4) is 11.3 Å². The quantitative estimate of drug-likeness (QED) is 0.245. The maximum atomic E-state index is 6.36. The Balaban J connectivity index is 1.53. The first-order chi connectivity index (χ1) is 17.5. The van der Waals surface area contributed by atoms with Gasteiger partial charge in [-0.2, -0.15) is 5.10 Å². The second-order valence-electron chi connectivity index (χ2n) is 8.93. The number of aryl methyl sites for hydroxylation is 1. The molecule has 6 heteroatoms. The predicted octanol–water partition coefficient (Wildman–Crippen LogP) is 8.27. The zero-order chi connectivity index (χ0) is 24.6. The summed E-state index contributed by atoms with van der Waals surface area (Å²) in [7, 11) is 0. The molecule has 0 unspecified atom stereocenters. The molecule has 6 rings (SSSR count). The Morgan fingerprint density at radius 1 is 0.750 bits per heavy atom. The van der Waals surface area contributed by atoms with Gasteiger partial charge in [0.05, 0.1) is 23.0 Å². The van der Waals surface area contributed by atoms with E-state index in [-0.39, 0.29) is 6.04 Å². The molecular weight excluding hydrogens is 487 g/mol. The topological polar surface area (TPSA) is 41.4 Å². The highest BCUT2D eigenvalue weighted by Crippen LogP contribution is 2.38. The fourth-order valence-electron chi connectivity index (χ4n) is 4.57. The molecule has 0 aliphatic carbocycles. The third-order valence-corrected chi connectivity index (χ3v) is 6.94. The van der Waals surface area contributed by atoms with Gasteiger partial charge in [0.15, 0.2) is 0 Å². The SMILES string of the molecule is Cc1ccc(C2=NN(c3nc(-c4ccccc4)c4cc(Cl)ccc4n3)[C@@H](c3ccc(Cl)cc3)C2)cc1. The minimum atomic E-state index is -0.0630. The highest BCUT2D eigenvalue weighted by molar-refractivity contribution is 6.31. The Hall–Kier alpha value is -3.73. The summed E-state index contributed by atoms with van der Waals surface area (Å²) in [4.78, 5) is 10.00. The van der Waals surface area contributed by atoms with Gasteiger partial charge in [-0.25, -0.2) is 15.0 Å². The zero-order valence-corrected chi connectivity index (χ0v) is 21.1. The average molecular weight is 509 g/mol. The van der Waals surface area contributed by atoms with E-state index in [1.165, 1.54) is 5.56 Å². The summed E-state index contributed by atoms with van der Waals surface area (Å²) in [6.07, 6.45) is 0.730. The van der Waals surface area contributed by atoms with Crippen molar-refractivity contribution in [1.29, 1.82) is 0 Å². The summed E-state index contributed by atoms with van der Waals surface area (Å²) >= 11 is 12.6. The fourth-order valence-corrected chi connectivity index (χ4v) is 4.86. The van der Waals surface area contributed by atoms with Crippen molar-refractivity contribution in [1.82, 2.24) is 9.97 Å². The van der Waals surface area contributed by atoms with Gasteiger partial charge in [-0.15, -0.1) is 0 Å². The molecule has 0 bridgehead atoms. The van der Waals surface area contributed by atoms with E-state index in [1.807, 2.05) is 77.8 Å². The van der Waals surface area contributed by atoms with Gasteiger partial charge < -0.3 is 0 Å². The average Bonchev–Trinajstić information content (AvgIpc) is 3.35. The Morgan fingerprint density at radius 3 is 2.22 bits per heavy atom. The highest BCUT2D eigenvalue weighted by atomic mass is 35.5. The molecule has 36 heavy (non-hydrogen) atoms. The Kier molecular flexibility index (Phi) is 5.92. The molecule has 4 nitrogen and oxygen atoms in total. The minimum absolute atomic E-state index is 0.0630. The van der Waals surface area contributed by atoms with E-state index in [4.69, 9.17) is 38.3 Å². The number of rotatable bonds is 4. The van der Waals surface area contributed by atoms with Crippen LogP contribution < -0.4 is 5.01 Å². The van der Waals surface area contributed by atoms with Gasteiger partial charge in [0.2, 0.25) is 5.95 Å². The summed E-state index contributed by atoms with van der Waals surface area (Å²) in [6.45, 7) is 2.09. The second-order valence-corrected chi connectivity index (χ2v) is 9.80. The Morgan fingerprint density at radius 2 is 1.47 bits per heavy atom. The van der Waals surface area contributed by atoms with Gasteiger partial charge in [-0.3, -0.25) is 0 Å². The van der Waals surface area contributed by atoms with Crippen LogP contribution in [0.1, 0.15) is 29.2 Å². The number of hydrogen-bond donors (Lipinski definition) is 0. The lowest BCUT2D eigenvalue weighted by molar-refractivity contribution is 0.689. The van der Waals surface area contributed by atoms with Crippen LogP contribution in [-0.2, 0) is 0 Å². The number of benzene rings is 4. The first-order valence-electron chi connectivity index (χ1n) is 11.8. The van der Waals surface area contributed by atoms with Gasteiger partial charge in [-0.05, 0) is 48.4 Å². The monoisotopic (exact) mass is 508 g/mol. The minimum Gasteiger partial charge on any atom is -0.223 e. The van der Waals surface area contributed by atoms with Gasteiger partial charge in [-0.1, -0.05) is 95.5 Å². The molecule has 2 heterocycles. The molecule has 1 atom stereocenters. The first-order valence-corrected chi connectivity index (χ1v) is 12.5. The van der Waals surface area contributed by atoms with Crippen LogP contribution in [0.5, 0.6) is 0 Å². The number of hydrogen-bond acceptors (Lipinski definition) is 4. The normalized spacial score (nSPS) is 15.4. The third kappa shape index (κ3) is 4.34. The van der Waals surface area contributed by atoms with E-state index in [9.17, 15) is 0 Å². The number of nitrogens with zero attached hydrogens (tertiary/aromatic N) is 4. The number of fused-ring (bicyclic) bond motifs is 1. The molecule has 0 fully saturated rings. The van der Waals surface area contributed by atoms with Crippen LogP contribution in [0.15, 0.2) is 102 Å². The molecule has 0 amide bonds. The molecule has 176 valence electrons. The van der Waals surface area contributed by atoms with E-state index >= 15 is 0 Å². The van der Waals surface area contributed by atoms with E-state index < -0.39 is 0 Å². The van der Waals surface area contributed by atoms with Crippen molar-refractivity contribution in [2.24, 2.45) is 5.10 Å². The third-order valence-electron chi connectivity index (χ3n) is 6.45. The van der Waals surface area contributed by atoms with Crippen LogP contribution in [0, 0.1) is 6.92 Å². The molecule has 0 spiro atoms. The van der Waals surface area contributed by atoms with Gasteiger partial charge in [0, 0.05) is 27.4 Å². The molecule has 5 aromatic rings. The molecule has 0 saturated heterocycles. The van der Waals surface area contributed by atoms with E-state index in [1.54, 1.807) is 0 Å². The lowest BCUT2D eigenvalue weighted by Gasteiger charge is -2.23. The molecule has 1 aromatic heterocycles. The molecule has 1 aliphatic rings. The summed E-state index contributed by atoms with van der Waals surface area (Å²) in [5, 5.41) is 9.26. The maximum absolute atomic E-state index is 6.36. The Bertz CT molecular complexity index is 1580. The van der Waals surface area contributed by atoms with Crippen molar-refractivity contribution >= 4 is 45.8 Å².